The zero-order chi connectivity index (χ0) is 9.26. The second-order valence-corrected chi connectivity index (χ2v) is 3.37. The van der Waals surface area contributed by atoms with E-state index in [2.05, 4.69) is 12.2 Å². The topological polar surface area (TPSA) is 41.5 Å². The zero-order valence-corrected chi connectivity index (χ0v) is 8.75. The minimum Gasteiger partial charge on any atom is -0.508 e. The summed E-state index contributed by atoms with van der Waals surface area (Å²) in [5.41, 5.74) is 1.06. The minimum atomic E-state index is -0.0180. The van der Waals surface area contributed by atoms with Crippen molar-refractivity contribution < 1.29 is 9.84 Å². The third-order valence-corrected chi connectivity index (χ3v) is 2.14. The first-order chi connectivity index (χ1) is 6.25. The van der Waals surface area contributed by atoms with Crippen molar-refractivity contribution in [2.24, 2.45) is 0 Å². The van der Waals surface area contributed by atoms with Gasteiger partial charge in [0.2, 0.25) is 0 Å². The minimum absolute atomic E-state index is 0. The molecule has 1 aromatic rings. The van der Waals surface area contributed by atoms with Crippen LogP contribution in [0.5, 0.6) is 5.75 Å². The summed E-state index contributed by atoms with van der Waals surface area (Å²) in [5, 5.41) is 12.4. The number of aromatic hydroxyl groups is 1. The standard InChI is InChI=1S/C10H13NO2.ClH/c1-7-6-13-10(11-7)8-2-4-9(12)5-3-8;/h2-5,7,10-12H,6H2,1H3;1H. The van der Waals surface area contributed by atoms with Gasteiger partial charge in [0.05, 0.1) is 6.61 Å². The number of halogens is 1. The molecule has 0 bridgehead atoms. The maximum Gasteiger partial charge on any atom is 0.134 e. The fourth-order valence-electron chi connectivity index (χ4n) is 1.44. The lowest BCUT2D eigenvalue weighted by Crippen LogP contribution is -2.22. The summed E-state index contributed by atoms with van der Waals surface area (Å²) >= 11 is 0. The van der Waals surface area contributed by atoms with Crippen molar-refractivity contribution >= 4 is 12.4 Å². The largest absolute Gasteiger partial charge is 0.508 e. The van der Waals surface area contributed by atoms with E-state index >= 15 is 0 Å². The second kappa shape index (κ2) is 4.64. The van der Waals surface area contributed by atoms with E-state index < -0.39 is 0 Å². The van der Waals surface area contributed by atoms with E-state index in [1.807, 2.05) is 12.1 Å². The van der Waals surface area contributed by atoms with E-state index in [1.54, 1.807) is 12.1 Å². The van der Waals surface area contributed by atoms with E-state index in [9.17, 15) is 0 Å². The number of hydrogen-bond acceptors (Lipinski definition) is 3. The Morgan fingerprint density at radius 1 is 1.36 bits per heavy atom. The molecule has 78 valence electrons. The molecule has 0 saturated carbocycles. The fraction of sp³-hybridized carbons (Fsp3) is 0.400. The fourth-order valence-corrected chi connectivity index (χ4v) is 1.44. The Kier molecular flexibility index (Phi) is 3.75. The first-order valence-electron chi connectivity index (χ1n) is 4.42. The van der Waals surface area contributed by atoms with Gasteiger partial charge in [-0.1, -0.05) is 12.1 Å². The Hall–Kier alpha value is -0.770. The van der Waals surface area contributed by atoms with Crippen LogP contribution in [0.4, 0.5) is 0 Å². The van der Waals surface area contributed by atoms with Gasteiger partial charge in [-0.3, -0.25) is 5.32 Å². The maximum atomic E-state index is 9.09. The van der Waals surface area contributed by atoms with Crippen LogP contribution in [-0.2, 0) is 4.74 Å². The number of ether oxygens (including phenoxy) is 1. The van der Waals surface area contributed by atoms with Gasteiger partial charge < -0.3 is 9.84 Å². The molecule has 2 rings (SSSR count). The molecular weight excluding hydrogens is 202 g/mol. The van der Waals surface area contributed by atoms with Crippen LogP contribution in [0.1, 0.15) is 18.7 Å². The number of phenols is 1. The summed E-state index contributed by atoms with van der Waals surface area (Å²) in [6, 6.07) is 7.47. The average molecular weight is 216 g/mol. The highest BCUT2D eigenvalue weighted by Gasteiger charge is 2.21. The SMILES string of the molecule is CC1COC(c2ccc(O)cc2)N1.Cl. The third kappa shape index (κ3) is 2.38. The summed E-state index contributed by atoms with van der Waals surface area (Å²) in [5.74, 6) is 0.287. The van der Waals surface area contributed by atoms with E-state index in [1.165, 1.54) is 0 Å². The first kappa shape index (κ1) is 11.3. The number of nitrogens with one attached hydrogen (secondary N) is 1. The number of rotatable bonds is 1. The van der Waals surface area contributed by atoms with Crippen LogP contribution in [0.25, 0.3) is 0 Å². The highest BCUT2D eigenvalue weighted by Crippen LogP contribution is 2.21. The van der Waals surface area contributed by atoms with Gasteiger partial charge in [-0.2, -0.15) is 0 Å². The molecule has 1 aliphatic rings. The van der Waals surface area contributed by atoms with E-state index in [4.69, 9.17) is 9.84 Å². The molecule has 3 nitrogen and oxygen atoms in total. The molecule has 0 spiro atoms. The molecule has 2 atom stereocenters. The smallest absolute Gasteiger partial charge is 0.134 e. The lowest BCUT2D eigenvalue weighted by molar-refractivity contribution is 0.101. The van der Waals surface area contributed by atoms with Crippen LogP contribution in [0, 0.1) is 0 Å². The van der Waals surface area contributed by atoms with Crippen LogP contribution in [0.2, 0.25) is 0 Å². The molecule has 14 heavy (non-hydrogen) atoms. The van der Waals surface area contributed by atoms with Crippen LogP contribution >= 0.6 is 12.4 Å². The summed E-state index contributed by atoms with van der Waals surface area (Å²) < 4.78 is 5.50. The number of phenolic OH excluding ortho intramolecular Hbond substituents is 1. The van der Waals surface area contributed by atoms with Crippen LogP contribution in [0.15, 0.2) is 24.3 Å². The summed E-state index contributed by atoms with van der Waals surface area (Å²) in [6.45, 7) is 2.83. The van der Waals surface area contributed by atoms with Crippen molar-refractivity contribution in [2.45, 2.75) is 19.2 Å². The molecule has 1 fully saturated rings. The molecule has 1 aromatic carbocycles. The van der Waals surface area contributed by atoms with Gasteiger partial charge in [0.1, 0.15) is 12.0 Å². The molecule has 1 heterocycles. The van der Waals surface area contributed by atoms with E-state index in [0.717, 1.165) is 12.2 Å². The molecule has 2 unspecified atom stereocenters. The molecule has 0 amide bonds. The highest BCUT2D eigenvalue weighted by molar-refractivity contribution is 5.85. The zero-order valence-electron chi connectivity index (χ0n) is 7.93. The van der Waals surface area contributed by atoms with Crippen LogP contribution < -0.4 is 5.32 Å². The van der Waals surface area contributed by atoms with E-state index in [0.29, 0.717) is 6.04 Å². The van der Waals surface area contributed by atoms with E-state index in [-0.39, 0.29) is 24.4 Å². The summed E-state index contributed by atoms with van der Waals surface area (Å²) in [4.78, 5) is 0. The van der Waals surface area contributed by atoms with Crippen molar-refractivity contribution in [1.29, 1.82) is 0 Å². The van der Waals surface area contributed by atoms with Crippen molar-refractivity contribution in [3.63, 3.8) is 0 Å². The van der Waals surface area contributed by atoms with Gasteiger partial charge in [0, 0.05) is 6.04 Å². The molecule has 1 saturated heterocycles. The normalized spacial score (nSPS) is 25.8. The van der Waals surface area contributed by atoms with Gasteiger partial charge >= 0.3 is 0 Å². The molecule has 0 radical (unpaired) electrons. The molecule has 2 N–H and O–H groups in total. The van der Waals surface area contributed by atoms with Crippen molar-refractivity contribution in [3.05, 3.63) is 29.8 Å². The predicted octanol–water partition coefficient (Wildman–Crippen LogP) is 1.82. The quantitative estimate of drug-likeness (QED) is 0.751. The Morgan fingerprint density at radius 3 is 2.50 bits per heavy atom. The molecular formula is C10H14ClNO2. The lowest BCUT2D eigenvalue weighted by Gasteiger charge is -2.10. The Labute approximate surface area is 89.5 Å². The average Bonchev–Trinajstić information content (AvgIpc) is 2.53. The van der Waals surface area contributed by atoms with Gasteiger partial charge in [0.25, 0.3) is 0 Å². The molecule has 1 aliphatic heterocycles. The van der Waals surface area contributed by atoms with Gasteiger partial charge in [-0.05, 0) is 24.6 Å². The monoisotopic (exact) mass is 215 g/mol. The lowest BCUT2D eigenvalue weighted by atomic mass is 10.2. The van der Waals surface area contributed by atoms with Crippen molar-refractivity contribution in [2.75, 3.05) is 6.61 Å². The summed E-state index contributed by atoms with van der Waals surface area (Å²) in [6.07, 6.45) is -0.0180. The summed E-state index contributed by atoms with van der Waals surface area (Å²) in [7, 11) is 0. The molecule has 0 aromatic heterocycles. The van der Waals surface area contributed by atoms with Gasteiger partial charge in [-0.25, -0.2) is 0 Å². The van der Waals surface area contributed by atoms with Crippen molar-refractivity contribution in [3.8, 4) is 5.75 Å². The second-order valence-electron chi connectivity index (χ2n) is 3.37. The first-order valence-corrected chi connectivity index (χ1v) is 4.42. The Morgan fingerprint density at radius 2 is 2.00 bits per heavy atom. The molecule has 4 heteroatoms. The van der Waals surface area contributed by atoms with Crippen molar-refractivity contribution in [1.82, 2.24) is 5.32 Å². The van der Waals surface area contributed by atoms with Crippen LogP contribution in [0.3, 0.4) is 0 Å². The van der Waals surface area contributed by atoms with Crippen LogP contribution in [-0.4, -0.2) is 17.8 Å². The third-order valence-electron chi connectivity index (χ3n) is 2.14. The predicted molar refractivity (Wildman–Crippen MR) is 56.6 cm³/mol. The van der Waals surface area contributed by atoms with Gasteiger partial charge in [-0.15, -0.1) is 12.4 Å². The Balaban J connectivity index is 0.000000980. The number of benzene rings is 1. The number of hydrogen-bond donors (Lipinski definition) is 2. The van der Waals surface area contributed by atoms with Gasteiger partial charge in [0.15, 0.2) is 0 Å². The highest BCUT2D eigenvalue weighted by atomic mass is 35.5. The Bertz CT molecular complexity index is 289. The maximum absolute atomic E-state index is 9.09. The molecule has 0 aliphatic carbocycles.